The topological polar surface area (TPSA) is 43.1 Å². The van der Waals surface area contributed by atoms with Gasteiger partial charge in [-0.25, -0.2) is 0 Å². The molecule has 0 atom stereocenters. The summed E-state index contributed by atoms with van der Waals surface area (Å²) in [6.07, 6.45) is 0. The van der Waals surface area contributed by atoms with Crippen molar-refractivity contribution in [2.75, 3.05) is 5.73 Å². The third-order valence-corrected chi connectivity index (χ3v) is 3.53. The van der Waals surface area contributed by atoms with E-state index in [9.17, 15) is 4.79 Å². The van der Waals surface area contributed by atoms with Gasteiger partial charge in [0.25, 0.3) is 0 Å². The monoisotopic (exact) mass is 303 g/mol. The maximum Gasteiger partial charge on any atom is 0.194 e. The average molecular weight is 304 g/mol. The maximum atomic E-state index is 12.5. The normalized spacial score (nSPS) is 10.4. The molecule has 0 spiro atoms. The van der Waals surface area contributed by atoms with Crippen LogP contribution in [0.2, 0.25) is 0 Å². The van der Waals surface area contributed by atoms with Crippen LogP contribution in [0.15, 0.2) is 40.9 Å². The lowest BCUT2D eigenvalue weighted by Gasteiger charge is -2.08. The molecule has 92 valence electrons. The van der Waals surface area contributed by atoms with E-state index in [0.717, 1.165) is 21.2 Å². The number of halogens is 1. The van der Waals surface area contributed by atoms with E-state index in [1.807, 2.05) is 32.0 Å². The van der Waals surface area contributed by atoms with Crippen molar-refractivity contribution in [3.63, 3.8) is 0 Å². The Kier molecular flexibility index (Phi) is 3.53. The second-order valence-electron chi connectivity index (χ2n) is 4.39. The van der Waals surface area contributed by atoms with Crippen LogP contribution in [0.1, 0.15) is 27.0 Å². The Hall–Kier alpha value is -1.61. The Labute approximate surface area is 115 Å². The first-order valence-corrected chi connectivity index (χ1v) is 6.45. The first kappa shape index (κ1) is 12.8. The van der Waals surface area contributed by atoms with Gasteiger partial charge in [-0.15, -0.1) is 0 Å². The number of nitrogen functional groups attached to an aromatic ring is 1. The molecule has 2 aromatic carbocycles. The molecular weight excluding hydrogens is 290 g/mol. The molecule has 0 bridgehead atoms. The molecule has 0 heterocycles. The molecule has 0 amide bonds. The van der Waals surface area contributed by atoms with Gasteiger partial charge in [0.2, 0.25) is 0 Å². The highest BCUT2D eigenvalue weighted by molar-refractivity contribution is 9.10. The van der Waals surface area contributed by atoms with E-state index in [-0.39, 0.29) is 5.78 Å². The van der Waals surface area contributed by atoms with Gasteiger partial charge in [-0.3, -0.25) is 4.79 Å². The van der Waals surface area contributed by atoms with E-state index in [1.165, 1.54) is 0 Å². The van der Waals surface area contributed by atoms with Gasteiger partial charge in [-0.2, -0.15) is 0 Å². The van der Waals surface area contributed by atoms with Crippen LogP contribution in [0, 0.1) is 13.8 Å². The Bertz CT molecular complexity index is 620. The number of aryl methyl sites for hydroxylation is 2. The third-order valence-electron chi connectivity index (χ3n) is 2.88. The van der Waals surface area contributed by atoms with Crippen LogP contribution in [0.25, 0.3) is 0 Å². The summed E-state index contributed by atoms with van der Waals surface area (Å²) in [4.78, 5) is 12.5. The number of benzene rings is 2. The van der Waals surface area contributed by atoms with Crippen LogP contribution < -0.4 is 5.73 Å². The fourth-order valence-electron chi connectivity index (χ4n) is 1.84. The van der Waals surface area contributed by atoms with Crippen LogP contribution in [0.3, 0.4) is 0 Å². The summed E-state index contributed by atoms with van der Waals surface area (Å²) in [6.45, 7) is 3.92. The second-order valence-corrected chi connectivity index (χ2v) is 5.24. The maximum absolute atomic E-state index is 12.5. The fourth-order valence-corrected chi connectivity index (χ4v) is 2.42. The van der Waals surface area contributed by atoms with E-state index in [0.29, 0.717) is 11.3 Å². The largest absolute Gasteiger partial charge is 0.399 e. The molecule has 2 nitrogen and oxygen atoms in total. The summed E-state index contributed by atoms with van der Waals surface area (Å²) in [5.41, 5.74) is 9.75. The predicted octanol–water partition coefficient (Wildman–Crippen LogP) is 3.88. The first-order chi connectivity index (χ1) is 8.49. The van der Waals surface area contributed by atoms with E-state index in [4.69, 9.17) is 5.73 Å². The molecule has 2 rings (SSSR count). The van der Waals surface area contributed by atoms with Crippen LogP contribution in [-0.2, 0) is 0 Å². The molecule has 0 aromatic heterocycles. The van der Waals surface area contributed by atoms with E-state index in [2.05, 4.69) is 15.9 Å². The molecule has 0 aliphatic carbocycles. The van der Waals surface area contributed by atoms with Crippen LogP contribution >= 0.6 is 15.9 Å². The van der Waals surface area contributed by atoms with Gasteiger partial charge >= 0.3 is 0 Å². The third kappa shape index (κ3) is 2.46. The quantitative estimate of drug-likeness (QED) is 0.676. The lowest BCUT2D eigenvalue weighted by atomic mass is 9.97. The van der Waals surface area contributed by atoms with E-state index < -0.39 is 0 Å². The molecular formula is C15H14BrNO. The Balaban J connectivity index is 2.51. The molecule has 2 aromatic rings. The minimum absolute atomic E-state index is 0.0167. The minimum atomic E-state index is 0.0167. The van der Waals surface area contributed by atoms with Crippen LogP contribution in [0.5, 0.6) is 0 Å². The van der Waals surface area contributed by atoms with Crippen molar-refractivity contribution < 1.29 is 4.79 Å². The minimum Gasteiger partial charge on any atom is -0.399 e. The fraction of sp³-hybridized carbons (Fsp3) is 0.133. The summed E-state index contributed by atoms with van der Waals surface area (Å²) >= 11 is 3.39. The molecule has 0 aliphatic heterocycles. The zero-order valence-electron chi connectivity index (χ0n) is 10.3. The van der Waals surface area contributed by atoms with Gasteiger partial charge in [0.05, 0.1) is 0 Å². The molecule has 0 saturated carbocycles. The highest BCUT2D eigenvalue weighted by Crippen LogP contribution is 2.24. The highest BCUT2D eigenvalue weighted by atomic mass is 79.9. The van der Waals surface area contributed by atoms with Gasteiger partial charge in [0.1, 0.15) is 0 Å². The molecule has 0 unspecified atom stereocenters. The van der Waals surface area contributed by atoms with Gasteiger partial charge in [-0.05, 0) is 59.6 Å². The smallest absolute Gasteiger partial charge is 0.194 e. The van der Waals surface area contributed by atoms with Crippen molar-refractivity contribution in [2.45, 2.75) is 13.8 Å². The SMILES string of the molecule is Cc1ccc(C)c(C(=O)c2ccc(N)cc2Br)c1. The first-order valence-electron chi connectivity index (χ1n) is 5.66. The molecule has 0 radical (unpaired) electrons. The van der Waals surface area contributed by atoms with Crippen molar-refractivity contribution in [2.24, 2.45) is 0 Å². The highest BCUT2D eigenvalue weighted by Gasteiger charge is 2.14. The standard InChI is InChI=1S/C15H14BrNO/c1-9-3-4-10(2)13(7-9)15(18)12-6-5-11(17)8-14(12)16/h3-8H,17H2,1-2H3. The summed E-state index contributed by atoms with van der Waals surface area (Å²) in [6, 6.07) is 11.1. The van der Waals surface area contributed by atoms with Crippen molar-refractivity contribution in [1.82, 2.24) is 0 Å². The number of carbonyl (C=O) groups excluding carboxylic acids is 1. The Morgan fingerprint density at radius 2 is 1.78 bits per heavy atom. The average Bonchev–Trinajstić information content (AvgIpc) is 2.31. The number of nitrogens with two attached hydrogens (primary N) is 1. The van der Waals surface area contributed by atoms with Crippen molar-refractivity contribution in [1.29, 1.82) is 0 Å². The number of hydrogen-bond acceptors (Lipinski definition) is 2. The summed E-state index contributed by atoms with van der Waals surface area (Å²) in [7, 11) is 0. The van der Waals surface area contributed by atoms with E-state index in [1.54, 1.807) is 18.2 Å². The second kappa shape index (κ2) is 4.94. The Morgan fingerprint density at radius 3 is 2.44 bits per heavy atom. The molecule has 0 saturated heterocycles. The molecule has 3 heteroatoms. The summed E-state index contributed by atoms with van der Waals surface area (Å²) in [5.74, 6) is 0.0167. The number of anilines is 1. The van der Waals surface area contributed by atoms with Gasteiger partial charge < -0.3 is 5.73 Å². The van der Waals surface area contributed by atoms with Gasteiger partial charge in [-0.1, -0.05) is 17.7 Å². The number of rotatable bonds is 2. The summed E-state index contributed by atoms with van der Waals surface area (Å²) in [5, 5.41) is 0. The lowest BCUT2D eigenvalue weighted by molar-refractivity contribution is 0.103. The van der Waals surface area contributed by atoms with Crippen molar-refractivity contribution >= 4 is 27.4 Å². The summed E-state index contributed by atoms with van der Waals surface area (Å²) < 4.78 is 0.730. The zero-order chi connectivity index (χ0) is 13.3. The number of carbonyl (C=O) groups is 1. The van der Waals surface area contributed by atoms with Gasteiger partial charge in [0.15, 0.2) is 5.78 Å². The zero-order valence-corrected chi connectivity index (χ0v) is 11.9. The van der Waals surface area contributed by atoms with Gasteiger partial charge in [0, 0.05) is 21.3 Å². The molecule has 2 N–H and O–H groups in total. The van der Waals surface area contributed by atoms with Crippen LogP contribution in [0.4, 0.5) is 5.69 Å². The molecule has 18 heavy (non-hydrogen) atoms. The number of ketones is 1. The number of hydrogen-bond donors (Lipinski definition) is 1. The lowest BCUT2D eigenvalue weighted by Crippen LogP contribution is -2.05. The molecule has 0 aliphatic rings. The van der Waals surface area contributed by atoms with Crippen molar-refractivity contribution in [3.8, 4) is 0 Å². The van der Waals surface area contributed by atoms with Crippen LogP contribution in [-0.4, -0.2) is 5.78 Å². The van der Waals surface area contributed by atoms with E-state index >= 15 is 0 Å². The van der Waals surface area contributed by atoms with Crippen molar-refractivity contribution in [3.05, 3.63) is 63.1 Å². The predicted molar refractivity (Wildman–Crippen MR) is 77.9 cm³/mol. The molecule has 0 fully saturated rings. The Morgan fingerprint density at radius 1 is 1.06 bits per heavy atom.